The minimum absolute atomic E-state index is 0.00653. The number of carbonyl (C=O) groups is 3. The molecule has 33 atom stereocenters. The Balaban J connectivity index is 0.0000000949. The van der Waals surface area contributed by atoms with Crippen molar-refractivity contribution in [2.24, 2.45) is 173 Å². The van der Waals surface area contributed by atoms with Crippen molar-refractivity contribution in [3.63, 3.8) is 0 Å². The van der Waals surface area contributed by atoms with Crippen molar-refractivity contribution in [3.05, 3.63) is 0 Å². The van der Waals surface area contributed by atoms with E-state index in [1.165, 1.54) is 199 Å². The quantitative estimate of drug-likeness (QED) is 0.248. The highest BCUT2D eigenvalue weighted by molar-refractivity contribution is 5.87. The lowest BCUT2D eigenvalue weighted by Crippen LogP contribution is -2.59. The molecule has 14 nitrogen and oxygen atoms in total. The number of rotatable bonds is 5. The van der Waals surface area contributed by atoms with E-state index < -0.39 is 0 Å². The van der Waals surface area contributed by atoms with E-state index in [1.54, 1.807) is 0 Å². The zero-order valence-corrected chi connectivity index (χ0v) is 79.2. The van der Waals surface area contributed by atoms with Crippen LogP contribution in [0.25, 0.3) is 0 Å². The van der Waals surface area contributed by atoms with Gasteiger partial charge >= 0.3 is 0 Å². The lowest BCUT2D eigenvalue weighted by Gasteiger charge is -2.63. The molecule has 25 rings (SSSR count). The maximum atomic E-state index is 12.4. The number of Topliss-reactive ketones (excluding diaryl/α,β-unsaturated/α-hetero) is 3. The summed E-state index contributed by atoms with van der Waals surface area (Å²) in [7, 11) is 0. The molecule has 0 aromatic rings. The molecule has 25 aliphatic rings. The fourth-order valence-corrected chi connectivity index (χ4v) is 41.9. The molecular formula is C109H172O14. The minimum Gasteiger partial charge on any atom is -0.393 e. The van der Waals surface area contributed by atoms with Crippen molar-refractivity contribution in [1.82, 2.24) is 0 Å². The second kappa shape index (κ2) is 32.1. The molecule has 5 saturated heterocycles. The minimum atomic E-state index is -0.263. The summed E-state index contributed by atoms with van der Waals surface area (Å²) in [6.07, 6.45) is 61.0. The first-order valence-corrected chi connectivity index (χ1v) is 53.9. The highest BCUT2D eigenvalue weighted by atomic mass is 16.8. The highest BCUT2D eigenvalue weighted by Gasteiger charge is 2.74. The maximum Gasteiger partial charge on any atom is 0.174 e. The zero-order valence-electron chi connectivity index (χ0n) is 79.2. The molecule has 123 heavy (non-hydrogen) atoms. The van der Waals surface area contributed by atoms with Crippen LogP contribution in [-0.2, 0) is 57.0 Å². The van der Waals surface area contributed by atoms with Crippen LogP contribution < -0.4 is 0 Å². The number of ketones is 3. The van der Waals surface area contributed by atoms with Crippen LogP contribution in [0.3, 0.4) is 0 Å². The summed E-state index contributed by atoms with van der Waals surface area (Å²) in [5, 5.41) is 20.3. The van der Waals surface area contributed by atoms with Crippen LogP contribution in [0.4, 0.5) is 0 Å². The van der Waals surface area contributed by atoms with Gasteiger partial charge in [0.2, 0.25) is 0 Å². The Morgan fingerprint density at radius 1 is 0.285 bits per heavy atom. The van der Waals surface area contributed by atoms with E-state index in [1.807, 2.05) is 0 Å². The molecule has 0 aromatic heterocycles. The number of epoxide rings is 1. The van der Waals surface area contributed by atoms with Crippen LogP contribution in [0.1, 0.15) is 390 Å². The Kier molecular flexibility index (Phi) is 23.0. The number of hydrogen-bond acceptors (Lipinski definition) is 14. The number of hydrogen-bond donors (Lipinski definition) is 2. The van der Waals surface area contributed by atoms with Gasteiger partial charge in [-0.05, 0) is 402 Å². The van der Waals surface area contributed by atoms with Crippen molar-refractivity contribution in [2.75, 3.05) is 59.5 Å². The average molecular weight is 1710 g/mol. The molecule has 5 aliphatic heterocycles. The molecular weight excluding hydrogens is 1530 g/mol. The van der Waals surface area contributed by atoms with E-state index in [2.05, 4.69) is 69.2 Å². The Labute approximate surface area is 743 Å². The van der Waals surface area contributed by atoms with Gasteiger partial charge in [-0.1, -0.05) is 69.2 Å². The van der Waals surface area contributed by atoms with Gasteiger partial charge in [0, 0.05) is 91.3 Å². The fourth-order valence-electron chi connectivity index (χ4n) is 41.9. The summed E-state index contributed by atoms with van der Waals surface area (Å²) in [6, 6.07) is 0. The SMILES string of the molecule is CC[C@]12CCC(=O)C[C@@H]1CC[C@@H]1[C@@H]2CC[C@]2(C)C(=O)CC[C@@H]12.CC[C@]12CCC3(C[C@@H]1CC[C@@H]1[C@@H]2CC[C@@]2(C)[C@H]1CCC21OCCO1)OCCO3.CC[C@]12CCC3(C[C@@H]1CC[C@@H]1[C@@H]2CC[C@@]2(C)[C@H]1CCC21OCCO1)OCCO3.CC[C@]12CC[C@@H](O)C[C@@H]1CC[C@@H]1[C@@H]2CC[C@@]2(C)[C@H]1CC[C@@]21CO1.CC[C@]12CC[C@@H](O)C[C@@H]1CC[C@@H]1[C@@H]2CC[C@]2(C)C(=O)CC[C@@H]12. The largest absolute Gasteiger partial charge is 0.393 e. The molecule has 0 unspecified atom stereocenters. The third-order valence-electron chi connectivity index (χ3n) is 48.3. The Morgan fingerprint density at radius 2 is 0.610 bits per heavy atom. The molecule has 20 saturated carbocycles. The van der Waals surface area contributed by atoms with E-state index in [9.17, 15) is 24.6 Å². The number of aliphatic hydroxyl groups is 2. The smallest absolute Gasteiger partial charge is 0.174 e. The lowest BCUT2D eigenvalue weighted by atomic mass is 9.43. The fraction of sp³-hybridized carbons (Fsp3) is 0.972. The van der Waals surface area contributed by atoms with Crippen LogP contribution in [0.15, 0.2) is 0 Å². The summed E-state index contributed by atoms with van der Waals surface area (Å²) in [5.41, 5.74) is 3.70. The molecule has 692 valence electrons. The van der Waals surface area contributed by atoms with Crippen LogP contribution in [0.2, 0.25) is 0 Å². The van der Waals surface area contributed by atoms with Gasteiger partial charge in [-0.3, -0.25) is 14.4 Å². The third-order valence-corrected chi connectivity index (χ3v) is 48.3. The molecule has 0 bridgehead atoms. The Bertz CT molecular complexity index is 3740. The van der Waals surface area contributed by atoms with Gasteiger partial charge in [0.1, 0.15) is 17.3 Å². The van der Waals surface area contributed by atoms with E-state index in [4.69, 9.17) is 42.6 Å². The third kappa shape index (κ3) is 13.0. The van der Waals surface area contributed by atoms with Crippen LogP contribution in [0, 0.1) is 173 Å². The standard InChI is InChI=1S/2C24H38O4.C21H34O2.C20H32O2.C20H30O2/c2*1-3-22-10-11-23(25-12-13-26-23)16-17(22)4-5-18-19-7-9-24(27-14-15-28-24)21(19,2)8-6-20(18)22;1-3-20-10-6-15(22)12-14(20)4-5-16-17-8-11-21(13-23-21)19(17,2)9-7-18(16)20;2*1-3-20-11-8-14(21)12-13(20)4-5-15-16-6-7-18(22)19(16,2)10-9-17(15)20/h2*17-20H,3-16H2,1-2H3;14-18,22H,3-13H2,1-2H3;13-17,21H,3-12H2,1-2H3;13,15-17H,3-12H2,1-2H3/t2*17-,18-,19-,20-,21-,22-;14-,15+,16-,17-,18-,19-,20-,21+;13-,14+,15-,16-,17-,19-,20-;13-,15-,16-,17-,19-,20-/m00000/s1. The summed E-state index contributed by atoms with van der Waals surface area (Å²) in [6.45, 7) is 31.6. The van der Waals surface area contributed by atoms with E-state index in [0.29, 0.717) is 73.2 Å². The second-order valence-corrected chi connectivity index (χ2v) is 49.9. The summed E-state index contributed by atoms with van der Waals surface area (Å²) >= 11 is 0. The van der Waals surface area contributed by atoms with Gasteiger partial charge in [0.05, 0.1) is 77.3 Å². The molecule has 0 radical (unpaired) electrons. The van der Waals surface area contributed by atoms with Gasteiger partial charge in [-0.25, -0.2) is 0 Å². The monoisotopic (exact) mass is 1710 g/mol. The van der Waals surface area contributed by atoms with E-state index in [0.717, 1.165) is 282 Å². The van der Waals surface area contributed by atoms with Gasteiger partial charge in [-0.15, -0.1) is 0 Å². The van der Waals surface area contributed by atoms with Crippen LogP contribution >= 0.6 is 0 Å². The van der Waals surface area contributed by atoms with Crippen molar-refractivity contribution >= 4 is 17.3 Å². The van der Waals surface area contributed by atoms with Crippen molar-refractivity contribution in [1.29, 1.82) is 0 Å². The van der Waals surface area contributed by atoms with Gasteiger partial charge in [-0.2, -0.15) is 0 Å². The van der Waals surface area contributed by atoms with Gasteiger partial charge in [0.15, 0.2) is 23.1 Å². The molecule has 2 N–H and O–H groups in total. The molecule has 0 aromatic carbocycles. The summed E-state index contributed by atoms with van der Waals surface area (Å²) in [4.78, 5) is 36.9. The van der Waals surface area contributed by atoms with Crippen LogP contribution in [-0.4, -0.2) is 128 Å². The first kappa shape index (κ1) is 88.2. The lowest BCUT2D eigenvalue weighted by molar-refractivity contribution is -0.260. The normalized spacial score (nSPS) is 53.6. The van der Waals surface area contributed by atoms with E-state index in [-0.39, 0.29) is 57.0 Å². The van der Waals surface area contributed by atoms with Gasteiger partial charge < -0.3 is 52.8 Å². The molecule has 25 fully saturated rings. The van der Waals surface area contributed by atoms with Crippen molar-refractivity contribution in [2.45, 2.75) is 431 Å². The molecule has 20 aliphatic carbocycles. The number of carbonyl (C=O) groups excluding carboxylic acids is 3. The topological polar surface area (TPSA) is 178 Å². The van der Waals surface area contributed by atoms with Crippen molar-refractivity contribution in [3.8, 4) is 0 Å². The summed E-state index contributed by atoms with van der Waals surface area (Å²) < 4.78 is 55.9. The Hall–Kier alpha value is -1.43. The second-order valence-electron chi connectivity index (χ2n) is 49.9. The predicted molar refractivity (Wildman–Crippen MR) is 476 cm³/mol. The predicted octanol–water partition coefficient (Wildman–Crippen LogP) is 23.3. The maximum absolute atomic E-state index is 12.4. The molecule has 0 amide bonds. The van der Waals surface area contributed by atoms with Crippen LogP contribution in [0.5, 0.6) is 0 Å². The average Bonchev–Trinajstić information content (AvgIpc) is 1.29. The molecule has 14 heteroatoms. The summed E-state index contributed by atoms with van der Waals surface area (Å²) in [5.74, 6) is 16.7. The molecule has 5 heterocycles. The highest BCUT2D eigenvalue weighted by Crippen LogP contribution is 2.77. The van der Waals surface area contributed by atoms with Crippen molar-refractivity contribution < 1.29 is 67.2 Å². The van der Waals surface area contributed by atoms with Gasteiger partial charge in [0.25, 0.3) is 0 Å². The first-order valence-electron chi connectivity index (χ1n) is 53.9. The number of aliphatic hydroxyl groups excluding tert-OH is 2. The molecule has 5 spiro atoms. The first-order chi connectivity index (χ1) is 59.2. The van der Waals surface area contributed by atoms with E-state index >= 15 is 0 Å². The zero-order chi connectivity index (χ0) is 85.0. The Morgan fingerprint density at radius 3 is 1.01 bits per heavy atom. The number of ether oxygens (including phenoxy) is 9. The number of fused-ring (bicyclic) bond motifs is 28.